The fourth-order valence-electron chi connectivity index (χ4n) is 1.46. The molecule has 5 heteroatoms. The Balaban J connectivity index is 2.42. The van der Waals surface area contributed by atoms with Gasteiger partial charge < -0.3 is 16.8 Å². The number of carbonyl (C=O) groups is 1. The molecule has 0 heterocycles. The number of carbonyl (C=O) groups excluding carboxylic acids is 1. The molecule has 1 rings (SSSR count). The number of halogens is 1. The first kappa shape index (κ1) is 13.8. The number of benzene rings is 1. The van der Waals surface area contributed by atoms with Gasteiger partial charge in [-0.15, -0.1) is 0 Å². The first-order chi connectivity index (χ1) is 8.15. The van der Waals surface area contributed by atoms with Crippen LogP contribution in [0, 0.1) is 0 Å². The van der Waals surface area contributed by atoms with Gasteiger partial charge in [0.2, 0.25) is 0 Å². The molecular weight excluding hydrogens is 238 g/mol. The molecule has 0 aliphatic carbocycles. The zero-order chi connectivity index (χ0) is 12.7. The number of anilines is 1. The molecule has 5 N–H and O–H groups in total. The van der Waals surface area contributed by atoms with Crippen molar-refractivity contribution in [3.63, 3.8) is 0 Å². The summed E-state index contributed by atoms with van der Waals surface area (Å²) >= 11 is 5.93. The van der Waals surface area contributed by atoms with Crippen LogP contribution in [0.4, 0.5) is 5.69 Å². The van der Waals surface area contributed by atoms with E-state index in [-0.39, 0.29) is 5.91 Å². The van der Waals surface area contributed by atoms with Gasteiger partial charge in [0.05, 0.1) is 10.6 Å². The quantitative estimate of drug-likeness (QED) is 0.535. The molecular formula is C12H18ClN3O. The van der Waals surface area contributed by atoms with Crippen molar-refractivity contribution in [3.8, 4) is 0 Å². The van der Waals surface area contributed by atoms with E-state index < -0.39 is 0 Å². The summed E-state index contributed by atoms with van der Waals surface area (Å²) in [6.45, 7) is 1.33. The molecule has 1 aromatic carbocycles. The SMILES string of the molecule is NCCCCCNC(=O)c1ccc(N)cc1Cl. The Labute approximate surface area is 106 Å². The van der Waals surface area contributed by atoms with Crippen LogP contribution >= 0.6 is 11.6 Å². The van der Waals surface area contributed by atoms with Gasteiger partial charge in [-0.25, -0.2) is 0 Å². The third kappa shape index (κ3) is 4.63. The third-order valence-electron chi connectivity index (χ3n) is 2.40. The second-order valence-electron chi connectivity index (χ2n) is 3.84. The largest absolute Gasteiger partial charge is 0.399 e. The van der Waals surface area contributed by atoms with Crippen LogP contribution in [0.2, 0.25) is 5.02 Å². The van der Waals surface area contributed by atoms with E-state index in [0.717, 1.165) is 19.3 Å². The molecule has 0 saturated heterocycles. The van der Waals surface area contributed by atoms with Gasteiger partial charge in [-0.05, 0) is 37.6 Å². The Morgan fingerprint density at radius 2 is 2.06 bits per heavy atom. The minimum Gasteiger partial charge on any atom is -0.399 e. The van der Waals surface area contributed by atoms with Gasteiger partial charge in [-0.1, -0.05) is 18.0 Å². The van der Waals surface area contributed by atoms with E-state index in [1.165, 1.54) is 0 Å². The van der Waals surface area contributed by atoms with Crippen molar-refractivity contribution in [2.45, 2.75) is 19.3 Å². The standard InChI is InChI=1S/C12H18ClN3O/c13-11-8-9(15)4-5-10(11)12(17)16-7-3-1-2-6-14/h4-5,8H,1-3,6-7,14-15H2,(H,16,17). The first-order valence-electron chi connectivity index (χ1n) is 5.68. The molecule has 0 unspecified atom stereocenters. The van der Waals surface area contributed by atoms with Crippen molar-refractivity contribution >= 4 is 23.2 Å². The molecule has 0 aliphatic rings. The molecule has 1 aromatic rings. The Kier molecular flexibility index (Phi) is 5.80. The molecule has 4 nitrogen and oxygen atoms in total. The topological polar surface area (TPSA) is 81.1 Å². The lowest BCUT2D eigenvalue weighted by Crippen LogP contribution is -2.24. The molecule has 0 atom stereocenters. The van der Waals surface area contributed by atoms with E-state index in [9.17, 15) is 4.79 Å². The monoisotopic (exact) mass is 255 g/mol. The normalized spacial score (nSPS) is 10.2. The van der Waals surface area contributed by atoms with Crippen molar-refractivity contribution in [2.75, 3.05) is 18.8 Å². The summed E-state index contributed by atoms with van der Waals surface area (Å²) in [5.41, 5.74) is 11.9. The van der Waals surface area contributed by atoms with Gasteiger partial charge in [0.1, 0.15) is 0 Å². The summed E-state index contributed by atoms with van der Waals surface area (Å²) in [5, 5.41) is 3.19. The lowest BCUT2D eigenvalue weighted by atomic mass is 10.2. The second-order valence-corrected chi connectivity index (χ2v) is 4.25. The Morgan fingerprint density at radius 1 is 1.29 bits per heavy atom. The third-order valence-corrected chi connectivity index (χ3v) is 2.72. The zero-order valence-electron chi connectivity index (χ0n) is 9.71. The van der Waals surface area contributed by atoms with E-state index in [2.05, 4.69) is 5.32 Å². The molecule has 0 saturated carbocycles. The van der Waals surface area contributed by atoms with E-state index in [4.69, 9.17) is 23.1 Å². The number of hydrogen-bond acceptors (Lipinski definition) is 3. The highest BCUT2D eigenvalue weighted by Gasteiger charge is 2.09. The van der Waals surface area contributed by atoms with Gasteiger partial charge in [-0.2, -0.15) is 0 Å². The highest BCUT2D eigenvalue weighted by molar-refractivity contribution is 6.34. The molecule has 0 spiro atoms. The summed E-state index contributed by atoms with van der Waals surface area (Å²) in [4.78, 5) is 11.7. The molecule has 1 amide bonds. The summed E-state index contributed by atoms with van der Waals surface area (Å²) in [6, 6.07) is 4.87. The summed E-state index contributed by atoms with van der Waals surface area (Å²) in [7, 11) is 0. The number of nitrogens with two attached hydrogens (primary N) is 2. The fraction of sp³-hybridized carbons (Fsp3) is 0.417. The van der Waals surface area contributed by atoms with Crippen LogP contribution in [-0.2, 0) is 0 Å². The maximum atomic E-state index is 11.7. The average molecular weight is 256 g/mol. The van der Waals surface area contributed by atoms with Crippen molar-refractivity contribution in [1.29, 1.82) is 0 Å². The highest BCUT2D eigenvalue weighted by atomic mass is 35.5. The Hall–Kier alpha value is -1.26. The molecule has 17 heavy (non-hydrogen) atoms. The van der Waals surface area contributed by atoms with Crippen LogP contribution in [0.15, 0.2) is 18.2 Å². The number of amides is 1. The Morgan fingerprint density at radius 3 is 2.71 bits per heavy atom. The number of hydrogen-bond donors (Lipinski definition) is 3. The average Bonchev–Trinajstić information content (AvgIpc) is 2.28. The van der Waals surface area contributed by atoms with Crippen LogP contribution in [0.25, 0.3) is 0 Å². The van der Waals surface area contributed by atoms with Gasteiger partial charge in [0.25, 0.3) is 5.91 Å². The number of nitrogen functional groups attached to an aromatic ring is 1. The smallest absolute Gasteiger partial charge is 0.252 e. The first-order valence-corrected chi connectivity index (χ1v) is 6.06. The lowest BCUT2D eigenvalue weighted by Gasteiger charge is -2.07. The summed E-state index contributed by atoms with van der Waals surface area (Å²) in [5.74, 6) is -0.164. The van der Waals surface area contributed by atoms with Crippen molar-refractivity contribution < 1.29 is 4.79 Å². The predicted octanol–water partition coefficient (Wildman–Crippen LogP) is 1.78. The van der Waals surface area contributed by atoms with Gasteiger partial charge in [-0.3, -0.25) is 4.79 Å². The molecule has 0 aromatic heterocycles. The van der Waals surface area contributed by atoms with Crippen LogP contribution in [0.5, 0.6) is 0 Å². The molecule has 0 fully saturated rings. The van der Waals surface area contributed by atoms with Crippen molar-refractivity contribution in [1.82, 2.24) is 5.32 Å². The number of rotatable bonds is 6. The van der Waals surface area contributed by atoms with Gasteiger partial charge in [0, 0.05) is 12.2 Å². The van der Waals surface area contributed by atoms with Crippen molar-refractivity contribution in [2.24, 2.45) is 5.73 Å². The van der Waals surface area contributed by atoms with Crippen LogP contribution in [0.1, 0.15) is 29.6 Å². The molecule has 94 valence electrons. The fourth-order valence-corrected chi connectivity index (χ4v) is 1.73. The Bertz CT molecular complexity index is 382. The lowest BCUT2D eigenvalue weighted by molar-refractivity contribution is 0.0953. The van der Waals surface area contributed by atoms with Crippen molar-refractivity contribution in [3.05, 3.63) is 28.8 Å². The molecule has 0 radical (unpaired) electrons. The number of nitrogens with one attached hydrogen (secondary N) is 1. The minimum absolute atomic E-state index is 0.164. The van der Waals surface area contributed by atoms with Gasteiger partial charge >= 0.3 is 0 Å². The number of unbranched alkanes of at least 4 members (excludes halogenated alkanes) is 2. The highest BCUT2D eigenvalue weighted by Crippen LogP contribution is 2.18. The summed E-state index contributed by atoms with van der Waals surface area (Å²) < 4.78 is 0. The van der Waals surface area contributed by atoms with Crippen LogP contribution < -0.4 is 16.8 Å². The second kappa shape index (κ2) is 7.14. The molecule has 0 bridgehead atoms. The van der Waals surface area contributed by atoms with Crippen LogP contribution in [-0.4, -0.2) is 19.0 Å². The van der Waals surface area contributed by atoms with E-state index in [1.54, 1.807) is 18.2 Å². The van der Waals surface area contributed by atoms with Gasteiger partial charge in [0.15, 0.2) is 0 Å². The summed E-state index contributed by atoms with van der Waals surface area (Å²) in [6.07, 6.45) is 2.93. The maximum Gasteiger partial charge on any atom is 0.252 e. The minimum atomic E-state index is -0.164. The maximum absolute atomic E-state index is 11.7. The predicted molar refractivity (Wildman–Crippen MR) is 71.1 cm³/mol. The van der Waals surface area contributed by atoms with E-state index in [0.29, 0.717) is 29.4 Å². The zero-order valence-corrected chi connectivity index (χ0v) is 10.5. The van der Waals surface area contributed by atoms with Crippen LogP contribution in [0.3, 0.4) is 0 Å². The van der Waals surface area contributed by atoms with E-state index in [1.807, 2.05) is 0 Å². The van der Waals surface area contributed by atoms with E-state index >= 15 is 0 Å². The molecule has 0 aliphatic heterocycles.